The number of phenols is 1. The van der Waals surface area contributed by atoms with Crippen LogP contribution in [0.4, 0.5) is 5.69 Å². The van der Waals surface area contributed by atoms with Crippen molar-refractivity contribution in [1.29, 1.82) is 0 Å². The minimum absolute atomic E-state index is 0.120. The fourth-order valence-corrected chi connectivity index (χ4v) is 3.26. The van der Waals surface area contributed by atoms with Crippen molar-refractivity contribution in [3.8, 4) is 5.75 Å². The average molecular weight is 363 g/mol. The highest BCUT2D eigenvalue weighted by Gasteiger charge is 2.33. The van der Waals surface area contributed by atoms with Crippen LogP contribution >= 0.6 is 27.7 Å². The number of amidine groups is 1. The van der Waals surface area contributed by atoms with E-state index in [9.17, 15) is 9.90 Å². The molecule has 2 aromatic rings. The lowest BCUT2D eigenvalue weighted by Gasteiger charge is -2.07. The van der Waals surface area contributed by atoms with Crippen molar-refractivity contribution < 1.29 is 9.90 Å². The summed E-state index contributed by atoms with van der Waals surface area (Å²) >= 11 is 4.67. The molecule has 21 heavy (non-hydrogen) atoms. The highest BCUT2D eigenvalue weighted by Crippen LogP contribution is 2.39. The van der Waals surface area contributed by atoms with E-state index in [1.54, 1.807) is 24.3 Å². The van der Waals surface area contributed by atoms with Gasteiger partial charge in [0.05, 0.1) is 5.69 Å². The molecule has 1 unspecified atom stereocenters. The highest BCUT2D eigenvalue weighted by atomic mass is 79.9. The van der Waals surface area contributed by atoms with E-state index in [2.05, 4.69) is 26.2 Å². The molecule has 3 rings (SSSR count). The number of carbonyl (C=O) groups excluding carboxylic acids is 1. The third-order valence-electron chi connectivity index (χ3n) is 2.97. The second-order valence-corrected chi connectivity index (χ2v) is 6.45. The Labute approximate surface area is 134 Å². The number of aromatic hydroxyl groups is 1. The maximum atomic E-state index is 12.1. The molecule has 106 valence electrons. The molecule has 1 aliphatic rings. The number of benzene rings is 2. The van der Waals surface area contributed by atoms with Crippen LogP contribution in [0, 0.1) is 0 Å². The number of para-hydroxylation sites is 1. The quantitative estimate of drug-likeness (QED) is 0.854. The van der Waals surface area contributed by atoms with Crippen LogP contribution < -0.4 is 5.32 Å². The van der Waals surface area contributed by atoms with Gasteiger partial charge in [-0.25, -0.2) is 4.99 Å². The van der Waals surface area contributed by atoms with Crippen molar-refractivity contribution in [2.24, 2.45) is 4.99 Å². The lowest BCUT2D eigenvalue weighted by atomic mass is 10.1. The molecular formula is C15H11BrN2O2S. The molecule has 2 aromatic carbocycles. The SMILES string of the molecule is O=C1NC(=Nc2ccc(Br)cc2)SC1c1ccccc1O. The fraction of sp³-hybridized carbons (Fsp3) is 0.0667. The van der Waals surface area contributed by atoms with Gasteiger partial charge in [0.2, 0.25) is 5.91 Å². The van der Waals surface area contributed by atoms with Crippen molar-refractivity contribution in [3.63, 3.8) is 0 Å². The molecule has 0 radical (unpaired) electrons. The lowest BCUT2D eigenvalue weighted by Crippen LogP contribution is -2.21. The van der Waals surface area contributed by atoms with E-state index in [-0.39, 0.29) is 11.7 Å². The maximum Gasteiger partial charge on any atom is 0.244 e. The van der Waals surface area contributed by atoms with E-state index in [0.717, 1.165) is 10.2 Å². The zero-order chi connectivity index (χ0) is 14.8. The Bertz CT molecular complexity index is 716. The van der Waals surface area contributed by atoms with Gasteiger partial charge in [0.15, 0.2) is 5.17 Å². The first-order valence-electron chi connectivity index (χ1n) is 6.23. The topological polar surface area (TPSA) is 61.7 Å². The minimum Gasteiger partial charge on any atom is -0.508 e. The Morgan fingerprint density at radius 1 is 1.14 bits per heavy atom. The molecule has 6 heteroatoms. The predicted octanol–water partition coefficient (Wildman–Crippen LogP) is 3.75. The van der Waals surface area contributed by atoms with Crippen molar-refractivity contribution >= 4 is 44.5 Å². The van der Waals surface area contributed by atoms with Gasteiger partial charge in [-0.2, -0.15) is 0 Å². The number of aliphatic imine (C=N–C) groups is 1. The molecule has 1 aliphatic heterocycles. The summed E-state index contributed by atoms with van der Waals surface area (Å²) in [5.41, 5.74) is 1.36. The van der Waals surface area contributed by atoms with Gasteiger partial charge in [0.25, 0.3) is 0 Å². The summed E-state index contributed by atoms with van der Waals surface area (Å²) in [6.45, 7) is 0. The zero-order valence-electron chi connectivity index (χ0n) is 10.8. The van der Waals surface area contributed by atoms with Crippen molar-refractivity contribution in [2.45, 2.75) is 5.25 Å². The largest absolute Gasteiger partial charge is 0.508 e. The van der Waals surface area contributed by atoms with Gasteiger partial charge in [-0.05, 0) is 30.3 Å². The number of halogens is 1. The van der Waals surface area contributed by atoms with Crippen LogP contribution in [0.3, 0.4) is 0 Å². The third kappa shape index (κ3) is 3.11. The van der Waals surface area contributed by atoms with E-state index in [0.29, 0.717) is 10.7 Å². The lowest BCUT2D eigenvalue weighted by molar-refractivity contribution is -0.118. The zero-order valence-corrected chi connectivity index (χ0v) is 13.2. The van der Waals surface area contributed by atoms with Crippen molar-refractivity contribution in [1.82, 2.24) is 5.32 Å². The van der Waals surface area contributed by atoms with Crippen molar-refractivity contribution in [3.05, 3.63) is 58.6 Å². The number of nitrogens with one attached hydrogen (secondary N) is 1. The molecule has 2 N–H and O–H groups in total. The van der Waals surface area contributed by atoms with E-state index in [4.69, 9.17) is 0 Å². The Balaban J connectivity index is 1.85. The third-order valence-corrected chi connectivity index (χ3v) is 4.62. The summed E-state index contributed by atoms with van der Waals surface area (Å²) in [5, 5.41) is 12.7. The molecule has 1 saturated heterocycles. The Morgan fingerprint density at radius 3 is 2.57 bits per heavy atom. The first kappa shape index (κ1) is 14.2. The Morgan fingerprint density at radius 2 is 1.86 bits per heavy atom. The first-order valence-corrected chi connectivity index (χ1v) is 7.90. The van der Waals surface area contributed by atoms with Crippen molar-refractivity contribution in [2.75, 3.05) is 0 Å². The number of phenolic OH excluding ortho intramolecular Hbond substituents is 1. The van der Waals surface area contributed by atoms with E-state index < -0.39 is 5.25 Å². The van der Waals surface area contributed by atoms with Gasteiger partial charge in [-0.3, -0.25) is 4.79 Å². The number of hydrogen-bond donors (Lipinski definition) is 2. The maximum absolute atomic E-state index is 12.1. The van der Waals surface area contributed by atoms with Crippen LogP contribution in [0.25, 0.3) is 0 Å². The summed E-state index contributed by atoms with van der Waals surface area (Å²) in [4.78, 5) is 16.5. The van der Waals surface area contributed by atoms with Gasteiger partial charge in [0.1, 0.15) is 11.0 Å². The van der Waals surface area contributed by atoms with Crippen LogP contribution in [-0.2, 0) is 4.79 Å². The molecule has 0 aromatic heterocycles. The molecule has 0 bridgehead atoms. The summed E-state index contributed by atoms with van der Waals surface area (Å²) in [6.07, 6.45) is 0. The number of hydrogen-bond acceptors (Lipinski definition) is 4. The molecule has 0 aliphatic carbocycles. The van der Waals surface area contributed by atoms with Gasteiger partial charge in [-0.15, -0.1) is 0 Å². The monoisotopic (exact) mass is 362 g/mol. The molecule has 1 atom stereocenters. The molecule has 4 nitrogen and oxygen atoms in total. The minimum atomic E-state index is -0.472. The normalized spacial score (nSPS) is 19.8. The van der Waals surface area contributed by atoms with E-state index >= 15 is 0 Å². The summed E-state index contributed by atoms with van der Waals surface area (Å²) in [7, 11) is 0. The molecular weight excluding hydrogens is 352 g/mol. The van der Waals surface area contributed by atoms with Crippen LogP contribution in [0.15, 0.2) is 58.0 Å². The molecule has 0 spiro atoms. The summed E-state index contributed by atoms with van der Waals surface area (Å²) in [6, 6.07) is 14.3. The molecule has 1 fully saturated rings. The Kier molecular flexibility index (Phi) is 3.98. The fourth-order valence-electron chi connectivity index (χ4n) is 1.97. The molecule has 1 amide bonds. The number of carbonyl (C=O) groups is 1. The van der Waals surface area contributed by atoms with Crippen LogP contribution in [0.1, 0.15) is 10.8 Å². The van der Waals surface area contributed by atoms with Gasteiger partial charge < -0.3 is 10.4 Å². The average Bonchev–Trinajstić information content (AvgIpc) is 2.83. The van der Waals surface area contributed by atoms with Crippen LogP contribution in [0.2, 0.25) is 0 Å². The van der Waals surface area contributed by atoms with Crippen LogP contribution in [0.5, 0.6) is 5.75 Å². The molecule has 1 heterocycles. The Hall–Kier alpha value is -1.79. The highest BCUT2D eigenvalue weighted by molar-refractivity contribution is 9.10. The van der Waals surface area contributed by atoms with Crippen LogP contribution in [-0.4, -0.2) is 16.2 Å². The van der Waals surface area contributed by atoms with E-state index in [1.807, 2.05) is 24.3 Å². The standard InChI is InChI=1S/C15H11BrN2O2S/c16-9-5-7-10(8-6-9)17-15-18-14(20)13(21-15)11-3-1-2-4-12(11)19/h1-8,13,19H,(H,17,18,20). The predicted molar refractivity (Wildman–Crippen MR) is 87.8 cm³/mol. The smallest absolute Gasteiger partial charge is 0.244 e. The number of rotatable bonds is 2. The molecule has 0 saturated carbocycles. The number of amides is 1. The van der Waals surface area contributed by atoms with E-state index in [1.165, 1.54) is 11.8 Å². The second-order valence-electron chi connectivity index (χ2n) is 4.44. The second kappa shape index (κ2) is 5.91. The van der Waals surface area contributed by atoms with Gasteiger partial charge in [-0.1, -0.05) is 45.9 Å². The first-order chi connectivity index (χ1) is 10.1. The number of nitrogens with zero attached hydrogens (tertiary/aromatic N) is 1. The van der Waals surface area contributed by atoms with Gasteiger partial charge in [0, 0.05) is 10.0 Å². The van der Waals surface area contributed by atoms with Gasteiger partial charge >= 0.3 is 0 Å². The summed E-state index contributed by atoms with van der Waals surface area (Å²) in [5.74, 6) is -0.0487. The number of thioether (sulfide) groups is 1. The summed E-state index contributed by atoms with van der Waals surface area (Å²) < 4.78 is 0.974.